The van der Waals surface area contributed by atoms with Gasteiger partial charge in [-0.05, 0) is 55.0 Å². The number of nitrogens with one attached hydrogen (secondary N) is 1. The van der Waals surface area contributed by atoms with Gasteiger partial charge in [0.25, 0.3) is 5.91 Å². The number of halogens is 1. The van der Waals surface area contributed by atoms with Gasteiger partial charge < -0.3 is 15.5 Å². The van der Waals surface area contributed by atoms with Crippen LogP contribution < -0.4 is 5.32 Å². The maximum atomic E-state index is 12.1. The molecule has 0 radical (unpaired) electrons. The molecule has 29 heavy (non-hydrogen) atoms. The maximum Gasteiger partial charge on any atom is 0.306 e. The third-order valence-electron chi connectivity index (χ3n) is 5.54. The molecule has 2 aromatic carbocycles. The van der Waals surface area contributed by atoms with E-state index < -0.39 is 5.97 Å². The molecule has 0 saturated heterocycles. The van der Waals surface area contributed by atoms with Crippen LogP contribution in [0.5, 0.6) is 0 Å². The molecule has 0 fully saturated rings. The van der Waals surface area contributed by atoms with Crippen LogP contribution in [-0.2, 0) is 9.59 Å². The van der Waals surface area contributed by atoms with Gasteiger partial charge in [-0.2, -0.15) is 0 Å². The lowest BCUT2D eigenvalue weighted by Crippen LogP contribution is -2.15. The number of aliphatic hydroxyl groups excluding tert-OH is 1. The summed E-state index contributed by atoms with van der Waals surface area (Å²) >= 11 is 6.45. The topological polar surface area (TPSA) is 86.6 Å². The number of benzene rings is 2. The zero-order valence-electron chi connectivity index (χ0n) is 15.8. The average Bonchev–Trinajstić information content (AvgIpc) is 3.02. The van der Waals surface area contributed by atoms with Crippen molar-refractivity contribution in [3.63, 3.8) is 0 Å². The Morgan fingerprint density at radius 1 is 1.10 bits per heavy atom. The molecular weight excluding hydrogens is 390 g/mol. The predicted molar refractivity (Wildman–Crippen MR) is 114 cm³/mol. The van der Waals surface area contributed by atoms with Gasteiger partial charge in [-0.3, -0.25) is 9.59 Å². The number of anilines is 1. The number of carbonyl (C=O) groups excluding carboxylic acids is 1. The molecule has 4 rings (SSSR count). The second-order valence-corrected chi connectivity index (χ2v) is 7.82. The minimum Gasteiger partial charge on any atom is -0.512 e. The van der Waals surface area contributed by atoms with E-state index in [-0.39, 0.29) is 23.2 Å². The monoisotopic (exact) mass is 409 g/mol. The molecule has 1 heterocycles. The Kier molecular flexibility index (Phi) is 4.92. The molecule has 1 amide bonds. The largest absolute Gasteiger partial charge is 0.512 e. The smallest absolute Gasteiger partial charge is 0.306 e. The third-order valence-corrected chi connectivity index (χ3v) is 5.85. The van der Waals surface area contributed by atoms with E-state index in [2.05, 4.69) is 5.32 Å². The molecule has 0 spiro atoms. The van der Waals surface area contributed by atoms with E-state index in [1.807, 2.05) is 36.4 Å². The Morgan fingerprint density at radius 2 is 1.79 bits per heavy atom. The van der Waals surface area contributed by atoms with Gasteiger partial charge in [-0.25, -0.2) is 0 Å². The van der Waals surface area contributed by atoms with Crippen LogP contribution in [0, 0.1) is 5.92 Å². The van der Waals surface area contributed by atoms with E-state index in [0.29, 0.717) is 29.1 Å². The van der Waals surface area contributed by atoms with Crippen LogP contribution >= 0.6 is 11.6 Å². The summed E-state index contributed by atoms with van der Waals surface area (Å²) < 4.78 is 0. The fourth-order valence-corrected chi connectivity index (χ4v) is 4.23. The Labute approximate surface area is 173 Å². The summed E-state index contributed by atoms with van der Waals surface area (Å²) in [5, 5.41) is 22.2. The van der Waals surface area contributed by atoms with Crippen molar-refractivity contribution in [3.05, 3.63) is 64.4 Å². The highest BCUT2D eigenvalue weighted by Gasteiger charge is 2.28. The number of aliphatic hydroxyl groups is 1. The Morgan fingerprint density at radius 3 is 2.38 bits per heavy atom. The third kappa shape index (κ3) is 3.54. The molecule has 6 heteroatoms. The first-order valence-corrected chi connectivity index (χ1v) is 9.80. The summed E-state index contributed by atoms with van der Waals surface area (Å²) in [6.45, 7) is 1.49. The second kappa shape index (κ2) is 7.41. The van der Waals surface area contributed by atoms with Crippen molar-refractivity contribution in [2.24, 2.45) is 5.92 Å². The maximum absolute atomic E-state index is 12.1. The van der Waals surface area contributed by atoms with E-state index in [1.165, 1.54) is 6.92 Å². The molecule has 2 aliphatic rings. The summed E-state index contributed by atoms with van der Waals surface area (Å²) in [4.78, 5) is 23.2. The standard InChI is InChI=1S/C23H20ClNO4/c1-12(26)21-18-10-17(19(24)11-20(18)25-22(21)27)15-6-2-13(3-7-15)14-4-8-16(9-5-14)23(28)29/h2-4,6-7,10-11,16,26H,5,8-9H2,1H3,(H,25,27)(H,28,29)/b21-12+. The number of carbonyl (C=O) groups is 2. The number of hydrogen-bond acceptors (Lipinski definition) is 3. The van der Waals surface area contributed by atoms with Crippen molar-refractivity contribution in [1.29, 1.82) is 0 Å². The van der Waals surface area contributed by atoms with Crippen molar-refractivity contribution in [3.8, 4) is 11.1 Å². The highest BCUT2D eigenvalue weighted by atomic mass is 35.5. The number of carboxylic acids is 1. The van der Waals surface area contributed by atoms with Gasteiger partial charge >= 0.3 is 5.97 Å². The minimum absolute atomic E-state index is 0.0335. The number of rotatable bonds is 3. The summed E-state index contributed by atoms with van der Waals surface area (Å²) in [6.07, 6.45) is 3.96. The molecule has 0 bridgehead atoms. The van der Waals surface area contributed by atoms with E-state index >= 15 is 0 Å². The van der Waals surface area contributed by atoms with Crippen LogP contribution in [0.2, 0.25) is 5.02 Å². The van der Waals surface area contributed by atoms with Crippen LogP contribution in [0.3, 0.4) is 0 Å². The SMILES string of the molecule is C/C(O)=C1\C(=O)Nc2cc(Cl)c(-c3ccc(C4=CCC(C(=O)O)CC4)cc3)cc21. The lowest BCUT2D eigenvalue weighted by molar-refractivity contribution is -0.141. The fourth-order valence-electron chi connectivity index (χ4n) is 3.96. The summed E-state index contributed by atoms with van der Waals surface area (Å²) in [7, 11) is 0. The predicted octanol–water partition coefficient (Wildman–Crippen LogP) is 5.52. The normalized spacial score (nSPS) is 20.0. The van der Waals surface area contributed by atoms with Gasteiger partial charge in [0.1, 0.15) is 5.76 Å². The summed E-state index contributed by atoms with van der Waals surface area (Å²) in [5.74, 6) is -1.40. The molecule has 2 aromatic rings. The molecule has 1 atom stereocenters. The van der Waals surface area contributed by atoms with E-state index in [9.17, 15) is 14.7 Å². The molecule has 3 N–H and O–H groups in total. The molecule has 0 aromatic heterocycles. The Balaban J connectivity index is 1.65. The molecule has 1 unspecified atom stereocenters. The fraction of sp³-hybridized carbons (Fsp3) is 0.217. The number of fused-ring (bicyclic) bond motifs is 1. The zero-order chi connectivity index (χ0) is 20.7. The zero-order valence-corrected chi connectivity index (χ0v) is 16.6. The second-order valence-electron chi connectivity index (χ2n) is 7.41. The Bertz CT molecular complexity index is 1080. The number of amides is 1. The van der Waals surface area contributed by atoms with Gasteiger partial charge in [-0.1, -0.05) is 41.9 Å². The molecule has 0 saturated carbocycles. The van der Waals surface area contributed by atoms with Gasteiger partial charge in [0.05, 0.1) is 22.2 Å². The van der Waals surface area contributed by atoms with Crippen LogP contribution in [0.1, 0.15) is 37.3 Å². The minimum atomic E-state index is -0.735. The first-order chi connectivity index (χ1) is 13.8. The molecular formula is C23H20ClNO4. The van der Waals surface area contributed by atoms with Crippen LogP contribution in [0.25, 0.3) is 22.3 Å². The van der Waals surface area contributed by atoms with E-state index in [4.69, 9.17) is 16.7 Å². The quantitative estimate of drug-likeness (QED) is 0.460. The van der Waals surface area contributed by atoms with Gasteiger partial charge in [-0.15, -0.1) is 0 Å². The van der Waals surface area contributed by atoms with E-state index in [0.717, 1.165) is 28.7 Å². The van der Waals surface area contributed by atoms with Crippen LogP contribution in [0.4, 0.5) is 5.69 Å². The van der Waals surface area contributed by atoms with Gasteiger partial charge in [0.2, 0.25) is 0 Å². The summed E-state index contributed by atoms with van der Waals surface area (Å²) in [6, 6.07) is 11.5. The first kappa shape index (κ1) is 19.3. The molecule has 148 valence electrons. The van der Waals surface area contributed by atoms with E-state index in [1.54, 1.807) is 6.07 Å². The lowest BCUT2D eigenvalue weighted by atomic mass is 9.86. The van der Waals surface area contributed by atoms with Gasteiger partial charge in [0.15, 0.2) is 0 Å². The molecule has 1 aliphatic heterocycles. The van der Waals surface area contributed by atoms with Crippen LogP contribution in [-0.4, -0.2) is 22.1 Å². The first-order valence-electron chi connectivity index (χ1n) is 9.43. The molecule has 1 aliphatic carbocycles. The molecule has 5 nitrogen and oxygen atoms in total. The Hall–Kier alpha value is -3.05. The van der Waals surface area contributed by atoms with Crippen molar-refractivity contribution < 1.29 is 19.8 Å². The van der Waals surface area contributed by atoms with Gasteiger partial charge in [0, 0.05) is 11.1 Å². The number of hydrogen-bond donors (Lipinski definition) is 3. The number of allylic oxidation sites excluding steroid dienone is 3. The van der Waals surface area contributed by atoms with Crippen molar-refractivity contribution in [1.82, 2.24) is 0 Å². The van der Waals surface area contributed by atoms with Crippen molar-refractivity contribution >= 4 is 40.3 Å². The lowest BCUT2D eigenvalue weighted by Gasteiger charge is -2.19. The van der Waals surface area contributed by atoms with Crippen LogP contribution in [0.15, 0.2) is 48.2 Å². The highest BCUT2D eigenvalue weighted by Crippen LogP contribution is 2.41. The summed E-state index contributed by atoms with van der Waals surface area (Å²) in [5.41, 5.74) is 5.38. The van der Waals surface area contributed by atoms with Crippen molar-refractivity contribution in [2.75, 3.05) is 5.32 Å². The number of aliphatic carboxylic acids is 1. The number of carboxylic acid groups (broad SMARTS) is 1. The highest BCUT2D eigenvalue weighted by molar-refractivity contribution is 6.36. The average molecular weight is 410 g/mol. The van der Waals surface area contributed by atoms with Crippen molar-refractivity contribution in [2.45, 2.75) is 26.2 Å².